The third kappa shape index (κ3) is 4.36. The van der Waals surface area contributed by atoms with Crippen molar-refractivity contribution in [2.45, 2.75) is 44.8 Å². The summed E-state index contributed by atoms with van der Waals surface area (Å²) < 4.78 is 10.7. The number of hydrogen-bond acceptors (Lipinski definition) is 4. The van der Waals surface area contributed by atoms with E-state index in [0.29, 0.717) is 11.5 Å². The summed E-state index contributed by atoms with van der Waals surface area (Å²) in [4.78, 5) is 11.9. The van der Waals surface area contributed by atoms with Crippen LogP contribution in [0.5, 0.6) is 11.5 Å². The van der Waals surface area contributed by atoms with E-state index in [0.717, 1.165) is 31.2 Å². The zero-order valence-electron chi connectivity index (χ0n) is 12.6. The van der Waals surface area contributed by atoms with E-state index >= 15 is 0 Å². The van der Waals surface area contributed by atoms with Gasteiger partial charge in [0.05, 0.1) is 19.3 Å². The van der Waals surface area contributed by atoms with Crippen molar-refractivity contribution in [3.63, 3.8) is 0 Å². The fourth-order valence-electron chi connectivity index (χ4n) is 2.57. The number of carbonyl (C=O) groups is 1. The van der Waals surface area contributed by atoms with Crippen LogP contribution < -0.4 is 14.8 Å². The average molecular weight is 293 g/mol. The van der Waals surface area contributed by atoms with Gasteiger partial charge in [-0.25, -0.2) is 0 Å². The molecule has 5 nitrogen and oxygen atoms in total. The Kier molecular flexibility index (Phi) is 5.44. The number of nitrogens with one attached hydrogen (secondary N) is 1. The molecular formula is C16H23NO4. The Labute approximate surface area is 125 Å². The summed E-state index contributed by atoms with van der Waals surface area (Å²) in [5.41, 5.74) is 1.06. The number of aryl methyl sites for hydroxylation is 1. The number of aliphatic hydroxyl groups is 1. The first-order chi connectivity index (χ1) is 10.1. The monoisotopic (exact) mass is 293 g/mol. The predicted molar refractivity (Wildman–Crippen MR) is 79.6 cm³/mol. The lowest BCUT2D eigenvalue weighted by molar-refractivity contribution is -0.125. The minimum Gasteiger partial charge on any atom is -0.493 e. The van der Waals surface area contributed by atoms with Crippen molar-refractivity contribution < 1.29 is 19.4 Å². The van der Waals surface area contributed by atoms with Crippen LogP contribution in [-0.2, 0) is 4.79 Å². The molecule has 5 heteroatoms. The topological polar surface area (TPSA) is 67.8 Å². The van der Waals surface area contributed by atoms with Crippen molar-refractivity contribution in [3.05, 3.63) is 23.8 Å². The Bertz CT molecular complexity index is 489. The number of methoxy groups -OCH3 is 1. The Hall–Kier alpha value is -1.75. The SMILES string of the molecule is COc1cc(C)ccc1OCC(=O)N[C@H]1CCCC[C@@H]1O. The van der Waals surface area contributed by atoms with Crippen LogP contribution in [0.2, 0.25) is 0 Å². The first-order valence-electron chi connectivity index (χ1n) is 7.35. The van der Waals surface area contributed by atoms with Gasteiger partial charge in [-0.05, 0) is 37.5 Å². The van der Waals surface area contributed by atoms with Gasteiger partial charge in [-0.1, -0.05) is 18.9 Å². The van der Waals surface area contributed by atoms with Crippen molar-refractivity contribution in [3.8, 4) is 11.5 Å². The van der Waals surface area contributed by atoms with Gasteiger partial charge in [0.25, 0.3) is 5.91 Å². The first-order valence-corrected chi connectivity index (χ1v) is 7.35. The van der Waals surface area contributed by atoms with E-state index < -0.39 is 6.10 Å². The molecule has 0 aliphatic heterocycles. The van der Waals surface area contributed by atoms with Gasteiger partial charge in [-0.15, -0.1) is 0 Å². The van der Waals surface area contributed by atoms with Gasteiger partial charge in [0.2, 0.25) is 0 Å². The predicted octanol–water partition coefficient (Wildman–Crippen LogP) is 1.80. The van der Waals surface area contributed by atoms with Crippen LogP contribution in [0, 0.1) is 6.92 Å². The Morgan fingerprint density at radius 1 is 1.33 bits per heavy atom. The highest BCUT2D eigenvalue weighted by Crippen LogP contribution is 2.27. The fourth-order valence-corrected chi connectivity index (χ4v) is 2.57. The molecule has 116 valence electrons. The summed E-state index contributed by atoms with van der Waals surface area (Å²) in [5, 5.41) is 12.7. The normalized spacial score (nSPS) is 21.7. The number of carbonyl (C=O) groups excluding carboxylic acids is 1. The second-order valence-electron chi connectivity index (χ2n) is 5.47. The largest absolute Gasteiger partial charge is 0.493 e. The lowest BCUT2D eigenvalue weighted by atomic mass is 9.92. The van der Waals surface area contributed by atoms with E-state index in [2.05, 4.69) is 5.32 Å². The van der Waals surface area contributed by atoms with Crippen molar-refractivity contribution in [2.75, 3.05) is 13.7 Å². The van der Waals surface area contributed by atoms with E-state index in [1.165, 1.54) is 0 Å². The van der Waals surface area contributed by atoms with Crippen LogP contribution in [0.15, 0.2) is 18.2 Å². The van der Waals surface area contributed by atoms with Crippen LogP contribution >= 0.6 is 0 Å². The molecule has 1 amide bonds. The molecule has 1 fully saturated rings. The molecule has 0 radical (unpaired) electrons. The van der Waals surface area contributed by atoms with Crippen molar-refractivity contribution in [2.24, 2.45) is 0 Å². The van der Waals surface area contributed by atoms with Crippen molar-refractivity contribution in [1.82, 2.24) is 5.32 Å². The highest BCUT2D eigenvalue weighted by atomic mass is 16.5. The molecule has 0 unspecified atom stereocenters. The molecule has 1 saturated carbocycles. The summed E-state index contributed by atoms with van der Waals surface area (Å²) in [6, 6.07) is 5.39. The molecule has 2 N–H and O–H groups in total. The minimum atomic E-state index is -0.448. The van der Waals surface area contributed by atoms with Gasteiger partial charge >= 0.3 is 0 Å². The molecule has 0 spiro atoms. The maximum Gasteiger partial charge on any atom is 0.258 e. The van der Waals surface area contributed by atoms with Crippen molar-refractivity contribution >= 4 is 5.91 Å². The molecule has 0 heterocycles. The van der Waals surface area contributed by atoms with Gasteiger partial charge < -0.3 is 19.9 Å². The maximum absolute atomic E-state index is 11.9. The van der Waals surface area contributed by atoms with Gasteiger partial charge in [0, 0.05) is 0 Å². The van der Waals surface area contributed by atoms with E-state index in [1.54, 1.807) is 13.2 Å². The Morgan fingerprint density at radius 3 is 2.81 bits per heavy atom. The van der Waals surface area contributed by atoms with Crippen LogP contribution in [0.1, 0.15) is 31.2 Å². The van der Waals surface area contributed by atoms with Gasteiger partial charge in [-0.3, -0.25) is 4.79 Å². The second-order valence-corrected chi connectivity index (χ2v) is 5.47. The van der Waals surface area contributed by atoms with Crippen LogP contribution in [0.3, 0.4) is 0 Å². The number of rotatable bonds is 5. The maximum atomic E-state index is 11.9. The zero-order chi connectivity index (χ0) is 15.2. The summed E-state index contributed by atoms with van der Waals surface area (Å²) in [6.45, 7) is 1.88. The highest BCUT2D eigenvalue weighted by molar-refractivity contribution is 5.78. The lowest BCUT2D eigenvalue weighted by Crippen LogP contribution is -2.46. The molecule has 21 heavy (non-hydrogen) atoms. The molecule has 0 saturated heterocycles. The smallest absolute Gasteiger partial charge is 0.258 e. The number of ether oxygens (including phenoxy) is 2. The van der Waals surface area contributed by atoms with E-state index in [1.807, 2.05) is 19.1 Å². The van der Waals surface area contributed by atoms with Gasteiger partial charge in [-0.2, -0.15) is 0 Å². The number of benzene rings is 1. The molecule has 1 aromatic carbocycles. The molecule has 1 aromatic rings. The molecule has 0 bridgehead atoms. The molecule has 2 rings (SSSR count). The molecular weight excluding hydrogens is 270 g/mol. The average Bonchev–Trinajstić information content (AvgIpc) is 2.48. The third-order valence-corrected chi connectivity index (χ3v) is 3.75. The summed E-state index contributed by atoms with van der Waals surface area (Å²) >= 11 is 0. The minimum absolute atomic E-state index is 0.0807. The van der Waals surface area contributed by atoms with Crippen LogP contribution in [0.4, 0.5) is 0 Å². The molecule has 1 aliphatic carbocycles. The lowest BCUT2D eigenvalue weighted by Gasteiger charge is -2.28. The molecule has 2 atom stereocenters. The Morgan fingerprint density at radius 2 is 2.10 bits per heavy atom. The van der Waals surface area contributed by atoms with Gasteiger partial charge in [0.15, 0.2) is 18.1 Å². The highest BCUT2D eigenvalue weighted by Gasteiger charge is 2.24. The van der Waals surface area contributed by atoms with E-state index in [-0.39, 0.29) is 18.6 Å². The summed E-state index contributed by atoms with van der Waals surface area (Å²) in [6.07, 6.45) is 3.18. The molecule has 1 aliphatic rings. The van der Waals surface area contributed by atoms with Crippen LogP contribution in [-0.4, -0.2) is 36.9 Å². The van der Waals surface area contributed by atoms with E-state index in [4.69, 9.17) is 9.47 Å². The first kappa shape index (κ1) is 15.6. The molecule has 0 aromatic heterocycles. The Balaban J connectivity index is 1.86. The van der Waals surface area contributed by atoms with Gasteiger partial charge in [0.1, 0.15) is 0 Å². The summed E-state index contributed by atoms with van der Waals surface area (Å²) in [5.74, 6) is 0.937. The quantitative estimate of drug-likeness (QED) is 0.868. The second kappa shape index (κ2) is 7.31. The number of amides is 1. The standard InChI is InChI=1S/C16H23NO4/c1-11-7-8-14(15(9-11)20-2)21-10-16(19)17-12-5-3-4-6-13(12)18/h7-9,12-13,18H,3-6,10H2,1-2H3,(H,17,19)/t12-,13-/m0/s1. The van der Waals surface area contributed by atoms with Crippen LogP contribution in [0.25, 0.3) is 0 Å². The number of aliphatic hydroxyl groups excluding tert-OH is 1. The third-order valence-electron chi connectivity index (χ3n) is 3.75. The number of hydrogen-bond donors (Lipinski definition) is 2. The fraction of sp³-hybridized carbons (Fsp3) is 0.562. The zero-order valence-corrected chi connectivity index (χ0v) is 12.6. The summed E-state index contributed by atoms with van der Waals surface area (Å²) in [7, 11) is 1.57. The van der Waals surface area contributed by atoms with E-state index in [9.17, 15) is 9.90 Å². The van der Waals surface area contributed by atoms with Crippen molar-refractivity contribution in [1.29, 1.82) is 0 Å².